The zero-order chi connectivity index (χ0) is 37.1. The summed E-state index contributed by atoms with van der Waals surface area (Å²) in [5.41, 5.74) is 1.08. The van der Waals surface area contributed by atoms with Crippen LogP contribution in [0.5, 0.6) is 11.5 Å². The summed E-state index contributed by atoms with van der Waals surface area (Å²) < 4.78 is 66.4. The molecule has 0 amide bonds. The number of halogens is 2. The number of hydrogen-bond donors (Lipinski definition) is 1. The Morgan fingerprint density at radius 1 is 0.698 bits per heavy atom. The first-order chi connectivity index (χ1) is 25.5. The van der Waals surface area contributed by atoms with Crippen LogP contribution in [0.3, 0.4) is 0 Å². The molecule has 8 rings (SSSR count). The Balaban J connectivity index is 1.45. The molecule has 18 heteroatoms. The van der Waals surface area contributed by atoms with Crippen LogP contribution in [0.4, 0.5) is 0 Å². The van der Waals surface area contributed by atoms with Gasteiger partial charge >= 0.3 is 0 Å². The number of pyridine rings is 2. The van der Waals surface area contributed by atoms with Crippen LogP contribution in [0.15, 0.2) is 121 Å². The van der Waals surface area contributed by atoms with Crippen molar-refractivity contribution >= 4 is 65.1 Å². The summed E-state index contributed by atoms with van der Waals surface area (Å²) in [6, 6.07) is 15.1. The van der Waals surface area contributed by atoms with Crippen molar-refractivity contribution in [1.82, 2.24) is 37.8 Å². The van der Waals surface area contributed by atoms with E-state index in [9.17, 15) is 21.9 Å². The molecule has 0 aliphatic carbocycles. The number of fused-ring (bicyclic) bond motifs is 2. The molecule has 14 nitrogen and oxygen atoms in total. The van der Waals surface area contributed by atoms with Crippen molar-refractivity contribution in [2.45, 2.75) is 10.1 Å². The minimum Gasteiger partial charge on any atom is -0.504 e. The zero-order valence-corrected chi connectivity index (χ0v) is 30.2. The van der Waals surface area contributed by atoms with Crippen molar-refractivity contribution in [3.63, 3.8) is 0 Å². The van der Waals surface area contributed by atoms with Crippen LogP contribution in [0.1, 0.15) is 0 Å². The molecular weight excluding hydrogens is 763 g/mol. The van der Waals surface area contributed by atoms with Gasteiger partial charge in [-0.05, 0) is 60.7 Å². The molecule has 0 fully saturated rings. The second kappa shape index (κ2) is 12.9. The van der Waals surface area contributed by atoms with Gasteiger partial charge in [0.1, 0.15) is 12.7 Å². The van der Waals surface area contributed by atoms with Crippen molar-refractivity contribution in [3.8, 4) is 45.1 Å². The van der Waals surface area contributed by atoms with Crippen LogP contribution in [0.2, 0.25) is 10.0 Å². The van der Waals surface area contributed by atoms with E-state index in [1.807, 2.05) is 0 Å². The van der Waals surface area contributed by atoms with E-state index in [-0.39, 0.29) is 55.3 Å². The smallest absolute Gasteiger partial charge is 0.290 e. The van der Waals surface area contributed by atoms with Gasteiger partial charge in [0.15, 0.2) is 11.5 Å². The number of aromatic hydroxyl groups is 1. The van der Waals surface area contributed by atoms with Gasteiger partial charge in [0.2, 0.25) is 10.1 Å². The third-order valence-electron chi connectivity index (χ3n) is 8.38. The first kappa shape index (κ1) is 34.2. The number of rotatable bonds is 8. The van der Waals surface area contributed by atoms with Crippen molar-refractivity contribution in [3.05, 3.63) is 121 Å². The van der Waals surface area contributed by atoms with Crippen LogP contribution in [0.25, 0.3) is 55.4 Å². The number of hydrogen-bond acceptors (Lipinski definition) is 12. The summed E-state index contributed by atoms with van der Waals surface area (Å²) >= 11 is 12.8. The predicted molar refractivity (Wildman–Crippen MR) is 197 cm³/mol. The molecular formula is C35H22Cl2N8O6S2. The van der Waals surface area contributed by atoms with Gasteiger partial charge in [0, 0.05) is 80.3 Å². The third-order valence-corrected chi connectivity index (χ3v) is 12.2. The Labute approximate surface area is 311 Å². The number of aromatic nitrogens is 8. The molecule has 0 atom stereocenters. The van der Waals surface area contributed by atoms with Gasteiger partial charge < -0.3 is 9.84 Å². The molecule has 8 aromatic rings. The fourth-order valence-electron chi connectivity index (χ4n) is 6.22. The van der Waals surface area contributed by atoms with E-state index in [4.69, 9.17) is 27.9 Å². The monoisotopic (exact) mass is 784 g/mol. The zero-order valence-electron chi connectivity index (χ0n) is 27.0. The minimum atomic E-state index is -4.73. The van der Waals surface area contributed by atoms with E-state index in [0.29, 0.717) is 16.0 Å². The summed E-state index contributed by atoms with van der Waals surface area (Å²) in [7, 11) is -8.02. The lowest BCUT2D eigenvalue weighted by molar-refractivity contribution is 0.398. The number of ether oxygens (including phenoxy) is 1. The Morgan fingerprint density at radius 3 is 2.02 bits per heavy atom. The average Bonchev–Trinajstić information content (AvgIpc) is 3.72. The second-order valence-corrected chi connectivity index (χ2v) is 15.7. The highest BCUT2D eigenvalue weighted by molar-refractivity contribution is 7.90. The minimum absolute atomic E-state index is 0.0244. The molecule has 2 aromatic carbocycles. The number of benzene rings is 2. The first-order valence-corrected chi connectivity index (χ1v) is 19.0. The van der Waals surface area contributed by atoms with Crippen LogP contribution >= 0.6 is 23.2 Å². The summed E-state index contributed by atoms with van der Waals surface area (Å²) in [6.45, 7) is 0. The maximum Gasteiger partial charge on any atom is 0.290 e. The topological polar surface area (TPSA) is 185 Å². The van der Waals surface area contributed by atoms with E-state index in [2.05, 4.69) is 29.9 Å². The Morgan fingerprint density at radius 2 is 1.32 bits per heavy atom. The fraction of sp³-hybridized carbons (Fsp3) is 0.0286. The molecule has 0 radical (unpaired) electrons. The van der Waals surface area contributed by atoms with E-state index in [1.165, 1.54) is 105 Å². The Hall–Kier alpha value is -5.94. The molecule has 53 heavy (non-hydrogen) atoms. The molecule has 0 spiro atoms. The first-order valence-electron chi connectivity index (χ1n) is 15.4. The van der Waals surface area contributed by atoms with Gasteiger partial charge in [-0.15, -0.1) is 0 Å². The molecule has 0 aliphatic rings. The SMILES string of the molecule is COc1cccnc1S(=O)(=O)n1c(-c2cncnc2)c(-c2ccnc(S(=O)(=O)n3c(-c4cncnc4)cc4cc(Cl)ccc43)c2O)c2cc(Cl)ccc21. The van der Waals surface area contributed by atoms with E-state index < -0.39 is 35.8 Å². The predicted octanol–water partition coefficient (Wildman–Crippen LogP) is 6.46. The van der Waals surface area contributed by atoms with Crippen LogP contribution in [-0.4, -0.2) is 66.9 Å². The van der Waals surface area contributed by atoms with Crippen molar-refractivity contribution < 1.29 is 26.7 Å². The van der Waals surface area contributed by atoms with Gasteiger partial charge in [-0.25, -0.2) is 37.8 Å². The highest BCUT2D eigenvalue weighted by atomic mass is 35.5. The molecule has 0 aliphatic heterocycles. The maximum absolute atomic E-state index is 14.8. The van der Waals surface area contributed by atoms with Gasteiger partial charge in [-0.1, -0.05) is 23.2 Å². The van der Waals surface area contributed by atoms with Gasteiger partial charge in [-0.3, -0.25) is 0 Å². The van der Waals surface area contributed by atoms with Gasteiger partial charge in [0.05, 0.1) is 29.5 Å². The highest BCUT2D eigenvalue weighted by Gasteiger charge is 2.35. The third kappa shape index (κ3) is 5.54. The largest absolute Gasteiger partial charge is 0.504 e. The van der Waals surface area contributed by atoms with E-state index >= 15 is 0 Å². The normalized spacial score (nSPS) is 12.1. The molecule has 264 valence electrons. The molecule has 0 unspecified atom stereocenters. The fourth-order valence-corrected chi connectivity index (χ4v) is 9.76. The molecule has 6 aromatic heterocycles. The van der Waals surface area contributed by atoms with Crippen molar-refractivity contribution in [1.29, 1.82) is 0 Å². The van der Waals surface area contributed by atoms with Crippen molar-refractivity contribution in [2.75, 3.05) is 7.11 Å². The van der Waals surface area contributed by atoms with Gasteiger partial charge in [-0.2, -0.15) is 16.8 Å². The van der Waals surface area contributed by atoms with Crippen LogP contribution < -0.4 is 4.74 Å². The molecule has 0 saturated heterocycles. The molecule has 0 bridgehead atoms. The molecule has 0 saturated carbocycles. The summed E-state index contributed by atoms with van der Waals surface area (Å²) in [5.74, 6) is -0.802. The second-order valence-electron chi connectivity index (χ2n) is 11.4. The van der Waals surface area contributed by atoms with Crippen LogP contribution in [0, 0.1) is 0 Å². The quantitative estimate of drug-likeness (QED) is 0.178. The number of nitrogens with zero attached hydrogens (tertiary/aromatic N) is 8. The average molecular weight is 786 g/mol. The van der Waals surface area contributed by atoms with E-state index in [1.54, 1.807) is 12.1 Å². The van der Waals surface area contributed by atoms with Gasteiger partial charge in [0.25, 0.3) is 20.0 Å². The standard InChI is InChI=1S/C35H22Cl2N8O6S2/c1-51-30-3-2-9-42-34(30)52(47,48)45-28-7-5-24(37)13-26(28)31(32(45)22-16-40-19-41-17-22)25-8-10-43-35(33(25)46)53(49,50)44-27-6-4-23(36)11-20(27)12-29(44)21-14-38-18-39-15-21/h2-19,46H,1H3. The summed E-state index contributed by atoms with van der Waals surface area (Å²) in [4.78, 5) is 24.6. The lowest BCUT2D eigenvalue weighted by Crippen LogP contribution is -2.17. The molecule has 1 N–H and O–H groups in total. The Bertz CT molecular complexity index is 2960. The summed E-state index contributed by atoms with van der Waals surface area (Å²) in [6.07, 6.45) is 10.7. The highest BCUT2D eigenvalue weighted by Crippen LogP contribution is 2.48. The van der Waals surface area contributed by atoms with E-state index in [0.717, 1.165) is 7.94 Å². The number of methoxy groups -OCH3 is 1. The Kier molecular flexibility index (Phi) is 8.33. The van der Waals surface area contributed by atoms with Crippen LogP contribution in [-0.2, 0) is 20.0 Å². The lowest BCUT2D eigenvalue weighted by atomic mass is 10.00. The maximum atomic E-state index is 14.8. The molecule has 6 heterocycles. The lowest BCUT2D eigenvalue weighted by Gasteiger charge is -2.16. The van der Waals surface area contributed by atoms with Crippen molar-refractivity contribution in [2.24, 2.45) is 0 Å². The summed E-state index contributed by atoms with van der Waals surface area (Å²) in [5, 5.41) is 12.3.